The summed E-state index contributed by atoms with van der Waals surface area (Å²) >= 11 is 7.20. The second-order valence-electron chi connectivity index (χ2n) is 7.03. The van der Waals surface area contributed by atoms with Gasteiger partial charge < -0.3 is 4.90 Å². The molecule has 0 atom stereocenters. The van der Waals surface area contributed by atoms with E-state index in [0.717, 1.165) is 42.6 Å². The number of carbonyl (C=O) groups excluding carboxylic acids is 1. The van der Waals surface area contributed by atoms with Gasteiger partial charge in [-0.1, -0.05) is 18.2 Å². The summed E-state index contributed by atoms with van der Waals surface area (Å²) in [5, 5.41) is 6.60. The van der Waals surface area contributed by atoms with Crippen LogP contribution in [0, 0.1) is 18.6 Å². The van der Waals surface area contributed by atoms with Crippen molar-refractivity contribution >= 4 is 29.5 Å². The average molecular weight is 414 g/mol. The molecule has 1 aromatic carbocycles. The van der Waals surface area contributed by atoms with Gasteiger partial charge in [0.15, 0.2) is 0 Å². The largest absolute Gasteiger partial charge is 0.335 e. The lowest BCUT2D eigenvalue weighted by Crippen LogP contribution is -2.48. The SMILES string of the molecule is Cc1cccc(-n2c(C)nn(CN3CCN(C(=O)c4cccs4)CC3)c2=S)c1. The van der Waals surface area contributed by atoms with E-state index >= 15 is 0 Å². The number of hydrogen-bond acceptors (Lipinski definition) is 5. The lowest BCUT2D eigenvalue weighted by Gasteiger charge is -2.34. The van der Waals surface area contributed by atoms with Crippen molar-refractivity contribution in [3.63, 3.8) is 0 Å². The smallest absolute Gasteiger partial charge is 0.264 e. The Bertz CT molecular complexity index is 1030. The van der Waals surface area contributed by atoms with Crippen molar-refractivity contribution in [1.29, 1.82) is 0 Å². The Morgan fingerprint density at radius 1 is 1.14 bits per heavy atom. The topological polar surface area (TPSA) is 46.3 Å². The van der Waals surface area contributed by atoms with Crippen LogP contribution in [-0.2, 0) is 6.67 Å². The van der Waals surface area contributed by atoms with Gasteiger partial charge in [0.2, 0.25) is 4.77 Å². The molecule has 1 amide bonds. The first kappa shape index (κ1) is 19.0. The summed E-state index contributed by atoms with van der Waals surface area (Å²) in [5.74, 6) is 1.01. The molecule has 3 heterocycles. The lowest BCUT2D eigenvalue weighted by molar-refractivity contribution is 0.0589. The molecular weight excluding hydrogens is 390 g/mol. The van der Waals surface area contributed by atoms with Gasteiger partial charge >= 0.3 is 0 Å². The van der Waals surface area contributed by atoms with Gasteiger partial charge in [-0.3, -0.25) is 14.3 Å². The molecule has 0 unspecified atom stereocenters. The molecule has 1 aliphatic heterocycles. The second-order valence-corrected chi connectivity index (χ2v) is 8.35. The highest BCUT2D eigenvalue weighted by Crippen LogP contribution is 2.16. The van der Waals surface area contributed by atoms with Crippen molar-refractivity contribution < 1.29 is 4.79 Å². The molecule has 0 spiro atoms. The van der Waals surface area contributed by atoms with Crippen LogP contribution in [-0.4, -0.2) is 56.2 Å². The molecule has 0 N–H and O–H groups in total. The summed E-state index contributed by atoms with van der Waals surface area (Å²) in [6.45, 7) is 7.77. The summed E-state index contributed by atoms with van der Waals surface area (Å²) in [7, 11) is 0. The number of rotatable bonds is 4. The van der Waals surface area contributed by atoms with Crippen molar-refractivity contribution in [2.75, 3.05) is 26.2 Å². The van der Waals surface area contributed by atoms with Crippen molar-refractivity contribution in [1.82, 2.24) is 24.1 Å². The standard InChI is InChI=1S/C20H23N5OS2/c1-15-5-3-6-17(13-15)25-16(2)21-24(20(25)27)14-22-8-10-23(11-9-22)19(26)18-7-4-12-28-18/h3-7,12-13H,8-11,14H2,1-2H3. The molecule has 0 radical (unpaired) electrons. The molecule has 8 heteroatoms. The van der Waals surface area contributed by atoms with Crippen molar-refractivity contribution in [2.24, 2.45) is 0 Å². The monoisotopic (exact) mass is 413 g/mol. The summed E-state index contributed by atoms with van der Waals surface area (Å²) in [4.78, 5) is 17.5. The van der Waals surface area contributed by atoms with Crippen LogP contribution in [0.5, 0.6) is 0 Å². The van der Waals surface area contributed by atoms with Gasteiger partial charge in [-0.15, -0.1) is 11.3 Å². The van der Waals surface area contributed by atoms with Crippen LogP contribution in [0.4, 0.5) is 0 Å². The van der Waals surface area contributed by atoms with Gasteiger partial charge in [-0.2, -0.15) is 5.10 Å². The fourth-order valence-corrected chi connectivity index (χ4v) is 4.54. The van der Waals surface area contributed by atoms with Gasteiger partial charge in [0.05, 0.1) is 11.5 Å². The molecule has 28 heavy (non-hydrogen) atoms. The maximum absolute atomic E-state index is 12.5. The Balaban J connectivity index is 1.44. The zero-order valence-electron chi connectivity index (χ0n) is 16.0. The van der Waals surface area contributed by atoms with E-state index < -0.39 is 0 Å². The van der Waals surface area contributed by atoms with E-state index in [2.05, 4.69) is 35.1 Å². The third-order valence-corrected chi connectivity index (χ3v) is 6.24. The minimum atomic E-state index is 0.130. The van der Waals surface area contributed by atoms with E-state index in [1.54, 1.807) is 0 Å². The minimum Gasteiger partial charge on any atom is -0.335 e. The van der Waals surface area contributed by atoms with Gasteiger partial charge in [0.1, 0.15) is 5.82 Å². The quantitative estimate of drug-likeness (QED) is 0.614. The zero-order valence-corrected chi connectivity index (χ0v) is 17.7. The molecule has 3 aromatic rings. The number of piperazine rings is 1. The molecule has 1 fully saturated rings. The third-order valence-electron chi connectivity index (χ3n) is 4.99. The van der Waals surface area contributed by atoms with Crippen LogP contribution in [0.2, 0.25) is 0 Å². The first-order valence-electron chi connectivity index (χ1n) is 9.31. The van der Waals surface area contributed by atoms with E-state index in [-0.39, 0.29) is 5.91 Å². The predicted octanol–water partition coefficient (Wildman–Crippen LogP) is 3.50. The highest BCUT2D eigenvalue weighted by atomic mass is 32.1. The third kappa shape index (κ3) is 3.80. The van der Waals surface area contributed by atoms with E-state index in [4.69, 9.17) is 12.2 Å². The number of benzene rings is 1. The molecule has 0 saturated carbocycles. The van der Waals surface area contributed by atoms with Crippen LogP contribution >= 0.6 is 23.6 Å². The Morgan fingerprint density at radius 3 is 2.61 bits per heavy atom. The number of nitrogens with zero attached hydrogens (tertiary/aromatic N) is 5. The highest BCUT2D eigenvalue weighted by molar-refractivity contribution is 7.71. The first-order valence-corrected chi connectivity index (χ1v) is 10.6. The molecule has 4 rings (SSSR count). The fourth-order valence-electron chi connectivity index (χ4n) is 3.51. The van der Waals surface area contributed by atoms with Crippen LogP contribution < -0.4 is 0 Å². The van der Waals surface area contributed by atoms with Gasteiger partial charge in [0, 0.05) is 31.9 Å². The Labute approximate surface area is 173 Å². The van der Waals surface area contributed by atoms with Crippen molar-refractivity contribution in [3.8, 4) is 5.69 Å². The molecule has 6 nitrogen and oxygen atoms in total. The highest BCUT2D eigenvalue weighted by Gasteiger charge is 2.23. The average Bonchev–Trinajstić information content (AvgIpc) is 3.31. The lowest BCUT2D eigenvalue weighted by atomic mass is 10.2. The number of aryl methyl sites for hydroxylation is 2. The molecule has 0 bridgehead atoms. The normalized spacial score (nSPS) is 15.1. The van der Waals surface area contributed by atoms with Crippen LogP contribution in [0.1, 0.15) is 21.1 Å². The Hall–Kier alpha value is -2.29. The molecule has 0 aliphatic carbocycles. The van der Waals surface area contributed by atoms with Crippen LogP contribution in [0.15, 0.2) is 41.8 Å². The maximum atomic E-state index is 12.5. The van der Waals surface area contributed by atoms with Crippen molar-refractivity contribution in [2.45, 2.75) is 20.5 Å². The molecule has 1 saturated heterocycles. The van der Waals surface area contributed by atoms with Crippen LogP contribution in [0.3, 0.4) is 0 Å². The number of carbonyl (C=O) groups is 1. The number of amides is 1. The summed E-state index contributed by atoms with van der Waals surface area (Å²) in [6.07, 6.45) is 0. The molecular formula is C20H23N5OS2. The molecule has 2 aromatic heterocycles. The first-order chi connectivity index (χ1) is 13.5. The molecule has 1 aliphatic rings. The minimum absolute atomic E-state index is 0.130. The van der Waals surface area contributed by atoms with Gasteiger partial charge in [0.25, 0.3) is 5.91 Å². The van der Waals surface area contributed by atoms with Crippen molar-refractivity contribution in [3.05, 3.63) is 62.8 Å². The predicted molar refractivity (Wildman–Crippen MR) is 114 cm³/mol. The van der Waals surface area contributed by atoms with E-state index in [1.165, 1.54) is 16.9 Å². The van der Waals surface area contributed by atoms with Gasteiger partial charge in [-0.25, -0.2) is 4.68 Å². The zero-order chi connectivity index (χ0) is 19.7. The maximum Gasteiger partial charge on any atom is 0.264 e. The van der Waals surface area contributed by atoms with E-state index in [0.29, 0.717) is 11.4 Å². The molecule has 146 valence electrons. The fraction of sp³-hybridized carbons (Fsp3) is 0.350. The summed E-state index contributed by atoms with van der Waals surface area (Å²) in [5.41, 5.74) is 2.23. The summed E-state index contributed by atoms with van der Waals surface area (Å²) < 4.78 is 4.59. The van der Waals surface area contributed by atoms with Crippen LogP contribution in [0.25, 0.3) is 5.69 Å². The van der Waals surface area contributed by atoms with E-state index in [9.17, 15) is 4.79 Å². The number of thiophene rings is 1. The second kappa shape index (κ2) is 7.98. The Kier molecular flexibility index (Phi) is 5.43. The number of aromatic nitrogens is 3. The number of hydrogen-bond donors (Lipinski definition) is 0. The summed E-state index contributed by atoms with van der Waals surface area (Å²) in [6, 6.07) is 12.1. The Morgan fingerprint density at radius 2 is 1.93 bits per heavy atom. The van der Waals surface area contributed by atoms with E-state index in [1.807, 2.05) is 44.7 Å². The van der Waals surface area contributed by atoms with Gasteiger partial charge in [-0.05, 0) is 55.2 Å².